The van der Waals surface area contributed by atoms with E-state index < -0.39 is 0 Å². The molecule has 0 unspecified atom stereocenters. The fraction of sp³-hybridized carbons (Fsp3) is 0.308. The number of ether oxygens (including phenoxy) is 1. The van der Waals surface area contributed by atoms with Crippen molar-refractivity contribution in [2.75, 3.05) is 7.11 Å². The molecule has 0 bridgehead atoms. The molecule has 0 fully saturated rings. The van der Waals surface area contributed by atoms with Crippen molar-refractivity contribution in [1.29, 1.82) is 0 Å². The molecule has 0 radical (unpaired) electrons. The fourth-order valence-electron chi connectivity index (χ4n) is 1.68. The van der Waals surface area contributed by atoms with Crippen LogP contribution in [-0.2, 0) is 0 Å². The van der Waals surface area contributed by atoms with Gasteiger partial charge in [-0.15, -0.1) is 0 Å². The minimum absolute atomic E-state index is 0.907. The summed E-state index contributed by atoms with van der Waals surface area (Å²) in [7, 11) is 1.68. The van der Waals surface area contributed by atoms with Gasteiger partial charge in [-0.25, -0.2) is 4.68 Å². The van der Waals surface area contributed by atoms with Crippen LogP contribution in [0.25, 0.3) is 5.69 Å². The summed E-state index contributed by atoms with van der Waals surface area (Å²) in [6.45, 7) is 6.11. The molecule has 1 heterocycles. The van der Waals surface area contributed by atoms with E-state index in [2.05, 4.69) is 18.1 Å². The van der Waals surface area contributed by atoms with E-state index >= 15 is 0 Å². The summed E-state index contributed by atoms with van der Waals surface area (Å²) in [5.41, 5.74) is 4.45. The summed E-state index contributed by atoms with van der Waals surface area (Å²) in [4.78, 5) is 0. The predicted octanol–water partition coefficient (Wildman–Crippen LogP) is 2.81. The van der Waals surface area contributed by atoms with Crippen molar-refractivity contribution in [3.8, 4) is 11.4 Å². The van der Waals surface area contributed by atoms with E-state index in [0.717, 1.165) is 22.7 Å². The van der Waals surface area contributed by atoms with Crippen LogP contribution >= 0.6 is 0 Å². The third kappa shape index (κ3) is 1.81. The van der Waals surface area contributed by atoms with Gasteiger partial charge in [0.1, 0.15) is 5.75 Å². The van der Waals surface area contributed by atoms with Gasteiger partial charge in [-0.3, -0.25) is 0 Å². The molecule has 1 aromatic heterocycles. The quantitative estimate of drug-likeness (QED) is 0.771. The van der Waals surface area contributed by atoms with Gasteiger partial charge in [0.15, 0.2) is 0 Å². The van der Waals surface area contributed by atoms with Crippen LogP contribution in [0.15, 0.2) is 24.4 Å². The molecule has 0 aliphatic rings. The zero-order valence-electron chi connectivity index (χ0n) is 10.1. The lowest BCUT2D eigenvalue weighted by molar-refractivity contribution is 0.411. The van der Waals surface area contributed by atoms with Gasteiger partial charge in [0.25, 0.3) is 0 Å². The maximum Gasteiger partial charge on any atom is 0.121 e. The minimum Gasteiger partial charge on any atom is -0.496 e. The Balaban J connectivity index is 2.45. The fourth-order valence-corrected chi connectivity index (χ4v) is 1.68. The molecule has 2 rings (SSSR count). The van der Waals surface area contributed by atoms with E-state index in [9.17, 15) is 0 Å². The maximum absolute atomic E-state index is 5.24. The molecule has 84 valence electrons. The van der Waals surface area contributed by atoms with E-state index in [0.29, 0.717) is 0 Å². The molecule has 16 heavy (non-hydrogen) atoms. The summed E-state index contributed by atoms with van der Waals surface area (Å²) < 4.78 is 7.14. The number of aryl methyl sites for hydroxylation is 3. The van der Waals surface area contributed by atoms with Crippen LogP contribution in [0.2, 0.25) is 0 Å². The van der Waals surface area contributed by atoms with Crippen molar-refractivity contribution in [3.05, 3.63) is 41.2 Å². The van der Waals surface area contributed by atoms with Crippen LogP contribution in [0.1, 0.15) is 16.8 Å². The molecular formula is C13H16N2O. The monoisotopic (exact) mass is 216 g/mol. The molecule has 3 heteroatoms. The molecule has 0 aliphatic heterocycles. The normalized spacial score (nSPS) is 10.5. The molecule has 0 N–H and O–H groups in total. The summed E-state index contributed by atoms with van der Waals surface area (Å²) in [5, 5.41) is 4.45. The first kappa shape index (κ1) is 10.7. The van der Waals surface area contributed by atoms with E-state index in [4.69, 9.17) is 4.74 Å². The van der Waals surface area contributed by atoms with Crippen LogP contribution in [0.4, 0.5) is 0 Å². The molecule has 3 nitrogen and oxygen atoms in total. The van der Waals surface area contributed by atoms with Crippen molar-refractivity contribution in [1.82, 2.24) is 9.78 Å². The van der Waals surface area contributed by atoms with Gasteiger partial charge in [-0.1, -0.05) is 0 Å². The molecule has 0 spiro atoms. The zero-order chi connectivity index (χ0) is 11.7. The van der Waals surface area contributed by atoms with Gasteiger partial charge >= 0.3 is 0 Å². The number of hydrogen-bond donors (Lipinski definition) is 0. The molecule has 1 aromatic carbocycles. The number of hydrogen-bond acceptors (Lipinski definition) is 2. The van der Waals surface area contributed by atoms with E-state index in [-0.39, 0.29) is 0 Å². The Labute approximate surface area is 95.7 Å². The second-order valence-corrected chi connectivity index (χ2v) is 4.00. The maximum atomic E-state index is 5.24. The van der Waals surface area contributed by atoms with Crippen LogP contribution in [0.3, 0.4) is 0 Å². The first-order valence-electron chi connectivity index (χ1n) is 5.29. The van der Waals surface area contributed by atoms with Crippen molar-refractivity contribution in [2.24, 2.45) is 0 Å². The third-order valence-corrected chi connectivity index (χ3v) is 2.79. The first-order valence-corrected chi connectivity index (χ1v) is 5.29. The topological polar surface area (TPSA) is 27.1 Å². The van der Waals surface area contributed by atoms with Gasteiger partial charge in [-0.05, 0) is 50.1 Å². The highest BCUT2D eigenvalue weighted by atomic mass is 16.5. The van der Waals surface area contributed by atoms with E-state index in [1.165, 1.54) is 5.56 Å². The largest absolute Gasteiger partial charge is 0.496 e. The molecule has 0 saturated carbocycles. The van der Waals surface area contributed by atoms with Gasteiger partial charge < -0.3 is 4.74 Å². The lowest BCUT2D eigenvalue weighted by Crippen LogP contribution is -1.96. The Morgan fingerprint density at radius 3 is 2.38 bits per heavy atom. The molecule has 2 aromatic rings. The minimum atomic E-state index is 0.907. The van der Waals surface area contributed by atoms with E-state index in [1.807, 2.05) is 36.9 Å². The van der Waals surface area contributed by atoms with Crippen molar-refractivity contribution in [3.63, 3.8) is 0 Å². The Morgan fingerprint density at radius 1 is 1.12 bits per heavy atom. The molecule has 0 amide bonds. The second kappa shape index (κ2) is 4.00. The number of benzene rings is 1. The number of aromatic nitrogens is 2. The average molecular weight is 216 g/mol. The van der Waals surface area contributed by atoms with Gasteiger partial charge in [0.2, 0.25) is 0 Å². The summed E-state index contributed by atoms with van der Waals surface area (Å²) in [6.07, 6.45) is 2.04. The first-order chi connectivity index (χ1) is 7.61. The summed E-state index contributed by atoms with van der Waals surface area (Å²) in [6, 6.07) is 6.06. The van der Waals surface area contributed by atoms with Crippen molar-refractivity contribution >= 4 is 0 Å². The molecular weight excluding hydrogens is 200 g/mol. The van der Waals surface area contributed by atoms with Gasteiger partial charge in [0, 0.05) is 6.20 Å². The number of rotatable bonds is 2. The lowest BCUT2D eigenvalue weighted by atomic mass is 10.2. The number of methoxy groups -OCH3 is 1. The van der Waals surface area contributed by atoms with Crippen LogP contribution in [0.5, 0.6) is 5.75 Å². The average Bonchev–Trinajstić information content (AvgIpc) is 2.59. The second-order valence-electron chi connectivity index (χ2n) is 4.00. The Kier molecular flexibility index (Phi) is 2.69. The van der Waals surface area contributed by atoms with Crippen LogP contribution in [0, 0.1) is 20.8 Å². The lowest BCUT2D eigenvalue weighted by Gasteiger charge is -2.07. The number of nitrogens with zero attached hydrogens (tertiary/aromatic N) is 2. The SMILES string of the molecule is COc1ccc(-n2cc(C)c(C)n2)cc1C. The Morgan fingerprint density at radius 2 is 1.88 bits per heavy atom. The van der Waals surface area contributed by atoms with Crippen molar-refractivity contribution in [2.45, 2.75) is 20.8 Å². The smallest absolute Gasteiger partial charge is 0.121 e. The van der Waals surface area contributed by atoms with Crippen molar-refractivity contribution < 1.29 is 4.74 Å². The highest BCUT2D eigenvalue weighted by molar-refractivity contribution is 5.43. The standard InChI is InChI=1S/C13H16N2O/c1-9-7-12(5-6-13(9)16-4)15-8-10(2)11(3)14-15/h5-8H,1-4H3. The predicted molar refractivity (Wildman–Crippen MR) is 64.3 cm³/mol. The summed E-state index contributed by atoms with van der Waals surface area (Å²) in [5.74, 6) is 0.907. The van der Waals surface area contributed by atoms with Crippen LogP contribution < -0.4 is 4.74 Å². The molecule has 0 saturated heterocycles. The Bertz CT molecular complexity index is 495. The highest BCUT2D eigenvalue weighted by Gasteiger charge is 2.04. The van der Waals surface area contributed by atoms with Crippen LogP contribution in [-0.4, -0.2) is 16.9 Å². The third-order valence-electron chi connectivity index (χ3n) is 2.79. The van der Waals surface area contributed by atoms with Gasteiger partial charge in [0.05, 0.1) is 18.5 Å². The zero-order valence-corrected chi connectivity index (χ0v) is 10.1. The van der Waals surface area contributed by atoms with E-state index in [1.54, 1.807) is 7.11 Å². The Hall–Kier alpha value is -1.77. The molecule has 0 atom stereocenters. The van der Waals surface area contributed by atoms with Gasteiger partial charge in [-0.2, -0.15) is 5.10 Å². The summed E-state index contributed by atoms with van der Waals surface area (Å²) >= 11 is 0. The highest BCUT2D eigenvalue weighted by Crippen LogP contribution is 2.21. The molecule has 0 aliphatic carbocycles.